The fourth-order valence-electron chi connectivity index (χ4n) is 2.21. The SMILES string of the molecule is COCc1cccc(CNC(CO)c2ccccc2)c1. The van der Waals surface area contributed by atoms with Crippen molar-refractivity contribution in [1.29, 1.82) is 0 Å². The predicted molar refractivity (Wildman–Crippen MR) is 80.3 cm³/mol. The summed E-state index contributed by atoms with van der Waals surface area (Å²) >= 11 is 0. The van der Waals surface area contributed by atoms with Gasteiger partial charge in [0.2, 0.25) is 0 Å². The van der Waals surface area contributed by atoms with Crippen LogP contribution in [0.4, 0.5) is 0 Å². The van der Waals surface area contributed by atoms with E-state index in [4.69, 9.17) is 4.74 Å². The summed E-state index contributed by atoms with van der Waals surface area (Å²) in [4.78, 5) is 0. The Morgan fingerprint density at radius 3 is 2.50 bits per heavy atom. The molecule has 2 aromatic carbocycles. The first-order valence-corrected chi connectivity index (χ1v) is 6.79. The van der Waals surface area contributed by atoms with Crippen molar-refractivity contribution in [3.8, 4) is 0 Å². The number of aliphatic hydroxyl groups is 1. The topological polar surface area (TPSA) is 41.5 Å². The Bertz CT molecular complexity index is 513. The molecule has 2 aromatic rings. The Kier molecular flexibility index (Phi) is 5.74. The first-order chi connectivity index (χ1) is 9.83. The van der Waals surface area contributed by atoms with E-state index >= 15 is 0 Å². The van der Waals surface area contributed by atoms with Gasteiger partial charge in [0.15, 0.2) is 0 Å². The van der Waals surface area contributed by atoms with Gasteiger partial charge in [-0.15, -0.1) is 0 Å². The lowest BCUT2D eigenvalue weighted by Gasteiger charge is -2.17. The molecular formula is C17H21NO2. The van der Waals surface area contributed by atoms with Crippen LogP contribution in [0.15, 0.2) is 54.6 Å². The number of nitrogens with one attached hydrogen (secondary N) is 1. The van der Waals surface area contributed by atoms with E-state index in [2.05, 4.69) is 17.4 Å². The van der Waals surface area contributed by atoms with Crippen LogP contribution < -0.4 is 5.32 Å². The van der Waals surface area contributed by atoms with E-state index in [-0.39, 0.29) is 12.6 Å². The maximum Gasteiger partial charge on any atom is 0.0713 e. The summed E-state index contributed by atoms with van der Waals surface area (Å²) in [6.45, 7) is 1.43. The fraction of sp³-hybridized carbons (Fsp3) is 0.294. The number of aliphatic hydroxyl groups excluding tert-OH is 1. The first kappa shape index (κ1) is 14.7. The van der Waals surface area contributed by atoms with E-state index in [1.54, 1.807) is 7.11 Å². The van der Waals surface area contributed by atoms with Crippen molar-refractivity contribution >= 4 is 0 Å². The third-order valence-electron chi connectivity index (χ3n) is 3.24. The van der Waals surface area contributed by atoms with Gasteiger partial charge in [0.05, 0.1) is 19.3 Å². The van der Waals surface area contributed by atoms with Crippen LogP contribution in [0, 0.1) is 0 Å². The summed E-state index contributed by atoms with van der Waals surface area (Å²) in [6.07, 6.45) is 0. The highest BCUT2D eigenvalue weighted by molar-refractivity contribution is 5.24. The lowest BCUT2D eigenvalue weighted by Crippen LogP contribution is -2.23. The minimum Gasteiger partial charge on any atom is -0.394 e. The lowest BCUT2D eigenvalue weighted by atomic mass is 10.1. The van der Waals surface area contributed by atoms with Crippen molar-refractivity contribution in [2.24, 2.45) is 0 Å². The molecule has 0 spiro atoms. The van der Waals surface area contributed by atoms with Crippen molar-refractivity contribution in [3.05, 3.63) is 71.3 Å². The number of benzene rings is 2. The summed E-state index contributed by atoms with van der Waals surface area (Å²) in [5.74, 6) is 0. The summed E-state index contributed by atoms with van der Waals surface area (Å²) < 4.78 is 5.14. The van der Waals surface area contributed by atoms with Crippen molar-refractivity contribution in [2.45, 2.75) is 19.2 Å². The normalized spacial score (nSPS) is 12.3. The zero-order valence-corrected chi connectivity index (χ0v) is 11.8. The van der Waals surface area contributed by atoms with Crippen LogP contribution in [0.1, 0.15) is 22.7 Å². The van der Waals surface area contributed by atoms with Gasteiger partial charge in [-0.3, -0.25) is 0 Å². The average Bonchev–Trinajstić information content (AvgIpc) is 2.50. The molecule has 0 fully saturated rings. The van der Waals surface area contributed by atoms with Crippen molar-refractivity contribution in [2.75, 3.05) is 13.7 Å². The van der Waals surface area contributed by atoms with Crippen LogP contribution in [0.5, 0.6) is 0 Å². The number of methoxy groups -OCH3 is 1. The van der Waals surface area contributed by atoms with Crippen LogP contribution in [0.25, 0.3) is 0 Å². The van der Waals surface area contributed by atoms with Crippen molar-refractivity contribution < 1.29 is 9.84 Å². The van der Waals surface area contributed by atoms with Crippen molar-refractivity contribution in [3.63, 3.8) is 0 Å². The molecule has 106 valence electrons. The van der Waals surface area contributed by atoms with Gasteiger partial charge in [0, 0.05) is 13.7 Å². The monoisotopic (exact) mass is 271 g/mol. The Morgan fingerprint density at radius 1 is 1.05 bits per heavy atom. The molecule has 0 saturated heterocycles. The second-order valence-electron chi connectivity index (χ2n) is 4.78. The lowest BCUT2D eigenvalue weighted by molar-refractivity contribution is 0.185. The average molecular weight is 271 g/mol. The molecule has 1 unspecified atom stereocenters. The molecule has 0 heterocycles. The second kappa shape index (κ2) is 7.80. The van der Waals surface area contributed by atoms with Gasteiger partial charge < -0.3 is 15.2 Å². The molecule has 0 aromatic heterocycles. The Morgan fingerprint density at radius 2 is 1.80 bits per heavy atom. The molecule has 0 amide bonds. The molecule has 0 aliphatic heterocycles. The molecule has 2 rings (SSSR count). The molecule has 0 bridgehead atoms. The first-order valence-electron chi connectivity index (χ1n) is 6.79. The minimum absolute atomic E-state index is 0.0396. The highest BCUT2D eigenvalue weighted by atomic mass is 16.5. The molecule has 0 radical (unpaired) electrons. The Labute approximate surface area is 120 Å². The Balaban J connectivity index is 1.98. The van der Waals surface area contributed by atoms with Crippen molar-refractivity contribution in [1.82, 2.24) is 5.32 Å². The summed E-state index contributed by atoms with van der Waals surface area (Å²) in [5, 5.41) is 12.9. The molecule has 3 nitrogen and oxygen atoms in total. The fourth-order valence-corrected chi connectivity index (χ4v) is 2.21. The largest absolute Gasteiger partial charge is 0.394 e. The Hall–Kier alpha value is -1.68. The summed E-state index contributed by atoms with van der Waals surface area (Å²) in [7, 11) is 1.70. The van der Waals surface area contributed by atoms with E-state index in [9.17, 15) is 5.11 Å². The van der Waals surface area contributed by atoms with Gasteiger partial charge in [0.25, 0.3) is 0 Å². The van der Waals surface area contributed by atoms with Gasteiger partial charge >= 0.3 is 0 Å². The third-order valence-corrected chi connectivity index (χ3v) is 3.24. The molecule has 2 N–H and O–H groups in total. The zero-order chi connectivity index (χ0) is 14.2. The van der Waals surface area contributed by atoms with E-state index in [1.165, 1.54) is 5.56 Å². The van der Waals surface area contributed by atoms with Crippen LogP contribution in [0.3, 0.4) is 0 Å². The van der Waals surface area contributed by atoms with Crippen LogP contribution in [-0.2, 0) is 17.9 Å². The maximum absolute atomic E-state index is 9.51. The van der Waals surface area contributed by atoms with E-state index < -0.39 is 0 Å². The molecule has 3 heteroatoms. The van der Waals surface area contributed by atoms with Crippen LogP contribution in [-0.4, -0.2) is 18.8 Å². The maximum atomic E-state index is 9.51. The molecular weight excluding hydrogens is 250 g/mol. The summed E-state index contributed by atoms with van der Waals surface area (Å²) in [5.41, 5.74) is 3.45. The van der Waals surface area contributed by atoms with Gasteiger partial charge in [0.1, 0.15) is 0 Å². The molecule has 0 saturated carbocycles. The van der Waals surface area contributed by atoms with E-state index in [0.29, 0.717) is 6.61 Å². The van der Waals surface area contributed by atoms with E-state index in [1.807, 2.05) is 42.5 Å². The molecule has 0 aliphatic carbocycles. The van der Waals surface area contributed by atoms with Gasteiger partial charge in [-0.05, 0) is 16.7 Å². The van der Waals surface area contributed by atoms with Gasteiger partial charge in [-0.25, -0.2) is 0 Å². The highest BCUT2D eigenvalue weighted by Crippen LogP contribution is 2.13. The number of ether oxygens (including phenoxy) is 1. The zero-order valence-electron chi connectivity index (χ0n) is 11.8. The van der Waals surface area contributed by atoms with Crippen LogP contribution >= 0.6 is 0 Å². The number of hydrogen-bond acceptors (Lipinski definition) is 3. The predicted octanol–water partition coefficient (Wildman–Crippen LogP) is 2.66. The smallest absolute Gasteiger partial charge is 0.0713 e. The minimum atomic E-state index is -0.0396. The molecule has 0 aliphatic rings. The number of rotatable bonds is 7. The summed E-state index contributed by atoms with van der Waals surface area (Å²) in [6, 6.07) is 18.2. The standard InChI is InChI=1S/C17H21NO2/c1-20-13-15-7-5-6-14(10-15)11-18-17(12-19)16-8-3-2-4-9-16/h2-10,17-19H,11-13H2,1H3. The molecule has 1 atom stereocenters. The quantitative estimate of drug-likeness (QED) is 0.813. The second-order valence-corrected chi connectivity index (χ2v) is 4.78. The van der Waals surface area contributed by atoms with Gasteiger partial charge in [-0.1, -0.05) is 54.6 Å². The molecule has 20 heavy (non-hydrogen) atoms. The van der Waals surface area contributed by atoms with Crippen LogP contribution in [0.2, 0.25) is 0 Å². The number of hydrogen-bond donors (Lipinski definition) is 2. The van der Waals surface area contributed by atoms with Gasteiger partial charge in [-0.2, -0.15) is 0 Å². The van der Waals surface area contributed by atoms with E-state index in [0.717, 1.165) is 17.7 Å². The highest BCUT2D eigenvalue weighted by Gasteiger charge is 2.08. The third kappa shape index (κ3) is 4.17.